The maximum absolute atomic E-state index is 13.7. The van der Waals surface area contributed by atoms with Gasteiger partial charge in [-0.1, -0.05) is 12.1 Å². The highest BCUT2D eigenvalue weighted by Crippen LogP contribution is 2.55. The molecule has 264 valence electrons. The van der Waals surface area contributed by atoms with Crippen molar-refractivity contribution in [2.45, 2.75) is 57.0 Å². The fourth-order valence-electron chi connectivity index (χ4n) is 7.53. The van der Waals surface area contributed by atoms with Gasteiger partial charge in [0, 0.05) is 43.7 Å². The molecule has 1 aliphatic carbocycles. The van der Waals surface area contributed by atoms with E-state index in [-0.39, 0.29) is 23.9 Å². The lowest BCUT2D eigenvalue weighted by molar-refractivity contribution is 0.0766. The van der Waals surface area contributed by atoms with Crippen LogP contribution >= 0.6 is 0 Å². The second-order valence-corrected chi connectivity index (χ2v) is 13.9. The molecule has 0 bridgehead atoms. The standard InChI is InChI=1S/C40H42N4O7/c1-47-29-9-7-25(8-10-29)26-15-27-21-41-32-18-36(34(48-2)16-30(32)38(45)43(27)23-26)50-13-5-4-6-14-51-37-19-33-31(17-35(37)49-3)39(46)44-24-40(11-12-40)20-28(44)22-42-33/h7-10,16-19,21-23,27-28H,4-6,11-15,20,24H2,1-3H3/t27-,28?/m0/s1. The number of rotatable bonds is 12. The molecular weight excluding hydrogens is 648 g/mol. The molecule has 1 spiro atoms. The number of methoxy groups -OCH3 is 3. The Bertz CT molecular complexity index is 1950. The molecule has 2 fully saturated rings. The van der Waals surface area contributed by atoms with E-state index in [2.05, 4.69) is 0 Å². The minimum atomic E-state index is -0.173. The van der Waals surface area contributed by atoms with Gasteiger partial charge >= 0.3 is 0 Å². The maximum Gasteiger partial charge on any atom is 0.260 e. The van der Waals surface area contributed by atoms with Gasteiger partial charge in [-0.25, -0.2) is 0 Å². The van der Waals surface area contributed by atoms with Gasteiger partial charge in [0.1, 0.15) is 5.75 Å². The second-order valence-electron chi connectivity index (χ2n) is 13.9. The van der Waals surface area contributed by atoms with E-state index < -0.39 is 0 Å². The van der Waals surface area contributed by atoms with Crippen LogP contribution in [0.4, 0.5) is 11.4 Å². The molecule has 4 aliphatic heterocycles. The molecule has 0 aromatic heterocycles. The lowest BCUT2D eigenvalue weighted by atomic mass is 10.0. The van der Waals surface area contributed by atoms with Crippen molar-refractivity contribution < 1.29 is 33.3 Å². The molecule has 1 saturated carbocycles. The molecule has 3 aromatic carbocycles. The van der Waals surface area contributed by atoms with E-state index in [9.17, 15) is 9.59 Å². The highest BCUT2D eigenvalue weighted by atomic mass is 16.5. The van der Waals surface area contributed by atoms with E-state index in [0.717, 1.165) is 49.1 Å². The van der Waals surface area contributed by atoms with E-state index in [4.69, 9.17) is 33.7 Å². The predicted molar refractivity (Wildman–Crippen MR) is 194 cm³/mol. The van der Waals surface area contributed by atoms with Crippen LogP contribution < -0.4 is 23.7 Å². The van der Waals surface area contributed by atoms with Gasteiger partial charge < -0.3 is 33.5 Å². The van der Waals surface area contributed by atoms with Crippen molar-refractivity contribution in [3.8, 4) is 28.7 Å². The van der Waals surface area contributed by atoms with Crippen LogP contribution in [-0.4, -0.2) is 87.2 Å². The number of benzene rings is 3. The Morgan fingerprint density at radius 1 is 0.725 bits per heavy atom. The summed E-state index contributed by atoms with van der Waals surface area (Å²) in [6, 6.07) is 14.8. The molecule has 1 saturated heterocycles. The summed E-state index contributed by atoms with van der Waals surface area (Å²) >= 11 is 0. The van der Waals surface area contributed by atoms with Gasteiger partial charge in [-0.05, 0) is 79.3 Å². The first kappa shape index (κ1) is 32.9. The summed E-state index contributed by atoms with van der Waals surface area (Å²) < 4.78 is 28.8. The van der Waals surface area contributed by atoms with Crippen molar-refractivity contribution in [1.29, 1.82) is 0 Å². The van der Waals surface area contributed by atoms with Gasteiger partial charge in [-0.15, -0.1) is 0 Å². The molecule has 8 rings (SSSR count). The molecule has 2 atom stereocenters. The predicted octanol–water partition coefficient (Wildman–Crippen LogP) is 7.02. The summed E-state index contributed by atoms with van der Waals surface area (Å²) in [5.74, 6) is 2.82. The van der Waals surface area contributed by atoms with Crippen LogP contribution in [0.2, 0.25) is 0 Å². The van der Waals surface area contributed by atoms with E-state index in [1.807, 2.05) is 53.9 Å². The number of unbranched alkanes of at least 4 members (excludes halogenated alkanes) is 2. The van der Waals surface area contributed by atoms with Crippen LogP contribution in [0.5, 0.6) is 28.7 Å². The third-order valence-electron chi connectivity index (χ3n) is 10.6. The third kappa shape index (κ3) is 6.30. The minimum Gasteiger partial charge on any atom is -0.497 e. The average molecular weight is 691 g/mol. The van der Waals surface area contributed by atoms with E-state index in [0.29, 0.717) is 70.5 Å². The van der Waals surface area contributed by atoms with Crippen LogP contribution in [0.3, 0.4) is 0 Å². The Morgan fingerprint density at radius 2 is 1.33 bits per heavy atom. The van der Waals surface area contributed by atoms with Gasteiger partial charge in [0.2, 0.25) is 0 Å². The highest BCUT2D eigenvalue weighted by molar-refractivity contribution is 6.06. The topological polar surface area (TPSA) is 111 Å². The number of carbonyl (C=O) groups excluding carboxylic acids is 2. The fraction of sp³-hybridized carbons (Fsp3) is 0.400. The van der Waals surface area contributed by atoms with Crippen LogP contribution in [0, 0.1) is 5.41 Å². The Kier molecular flexibility index (Phi) is 8.65. The zero-order valence-electron chi connectivity index (χ0n) is 29.2. The molecule has 1 unspecified atom stereocenters. The van der Waals surface area contributed by atoms with Gasteiger partial charge in [-0.2, -0.15) is 0 Å². The lowest BCUT2D eigenvalue weighted by Gasteiger charge is -2.21. The van der Waals surface area contributed by atoms with Crippen molar-refractivity contribution in [1.82, 2.24) is 9.80 Å². The summed E-state index contributed by atoms with van der Waals surface area (Å²) in [6.07, 6.45) is 12.2. The van der Waals surface area contributed by atoms with E-state index in [1.54, 1.807) is 44.4 Å². The molecule has 0 radical (unpaired) electrons. The zero-order chi connectivity index (χ0) is 35.1. The first-order valence-electron chi connectivity index (χ1n) is 17.7. The summed E-state index contributed by atoms with van der Waals surface area (Å²) in [7, 11) is 4.80. The van der Waals surface area contributed by atoms with Crippen molar-refractivity contribution in [2.75, 3.05) is 41.1 Å². The van der Waals surface area contributed by atoms with Crippen LogP contribution in [-0.2, 0) is 0 Å². The lowest BCUT2D eigenvalue weighted by Crippen LogP contribution is -2.35. The SMILES string of the molecule is COc1ccc(C2=CN3C(=O)c4cc(OC)c(OCCCCCOc5cc6c(cc5OC)C(=O)N5CC7(CC7)CC5C=N6)cc4N=C[C@@H]3C2)cc1. The number of hydrogen-bond acceptors (Lipinski definition) is 9. The van der Waals surface area contributed by atoms with Crippen LogP contribution in [0.15, 0.2) is 64.7 Å². The molecule has 51 heavy (non-hydrogen) atoms. The molecule has 3 aromatic rings. The van der Waals surface area contributed by atoms with Gasteiger partial charge in [-0.3, -0.25) is 19.6 Å². The fourth-order valence-corrected chi connectivity index (χ4v) is 7.53. The van der Waals surface area contributed by atoms with E-state index in [1.165, 1.54) is 12.8 Å². The summed E-state index contributed by atoms with van der Waals surface area (Å²) in [5.41, 5.74) is 4.64. The second kappa shape index (κ2) is 13.4. The van der Waals surface area contributed by atoms with Crippen molar-refractivity contribution >= 4 is 41.2 Å². The molecule has 0 N–H and O–H groups in total. The largest absolute Gasteiger partial charge is 0.497 e. The number of ether oxygens (including phenoxy) is 5. The number of amides is 2. The third-order valence-corrected chi connectivity index (χ3v) is 10.6. The monoisotopic (exact) mass is 690 g/mol. The molecule has 11 heteroatoms. The quantitative estimate of drug-likeness (QED) is 0.188. The van der Waals surface area contributed by atoms with Crippen LogP contribution in [0.1, 0.15) is 71.2 Å². The smallest absolute Gasteiger partial charge is 0.260 e. The Labute approximate surface area is 297 Å². The molecule has 11 nitrogen and oxygen atoms in total. The number of hydrogen-bond donors (Lipinski definition) is 0. The zero-order valence-corrected chi connectivity index (χ0v) is 29.2. The Morgan fingerprint density at radius 3 is 1.92 bits per heavy atom. The minimum absolute atomic E-state index is 0.0162. The summed E-state index contributed by atoms with van der Waals surface area (Å²) in [6.45, 7) is 1.76. The number of nitrogens with zero attached hydrogens (tertiary/aromatic N) is 4. The average Bonchev–Trinajstić information content (AvgIpc) is 3.69. The normalized spacial score (nSPS) is 20.6. The number of aliphatic imine (C=N–C) groups is 2. The van der Waals surface area contributed by atoms with Gasteiger partial charge in [0.05, 0.1) is 69.1 Å². The van der Waals surface area contributed by atoms with Gasteiger partial charge in [0.15, 0.2) is 23.0 Å². The first-order chi connectivity index (χ1) is 24.9. The molecule has 4 heterocycles. The number of carbonyl (C=O) groups is 2. The number of fused-ring (bicyclic) bond motifs is 4. The highest BCUT2D eigenvalue weighted by Gasteiger charge is 2.53. The van der Waals surface area contributed by atoms with Gasteiger partial charge in [0.25, 0.3) is 11.8 Å². The summed E-state index contributed by atoms with van der Waals surface area (Å²) in [5, 5.41) is 0. The van der Waals surface area contributed by atoms with Crippen molar-refractivity contribution in [3.05, 3.63) is 71.4 Å². The maximum atomic E-state index is 13.7. The Balaban J connectivity index is 0.850. The van der Waals surface area contributed by atoms with E-state index >= 15 is 0 Å². The van der Waals surface area contributed by atoms with Crippen LogP contribution in [0.25, 0.3) is 5.57 Å². The molecule has 5 aliphatic rings. The molecular formula is C40H42N4O7. The van der Waals surface area contributed by atoms with Crippen molar-refractivity contribution in [3.63, 3.8) is 0 Å². The Hall–Kier alpha value is -5.32. The first-order valence-corrected chi connectivity index (χ1v) is 17.7. The molecule has 2 amide bonds. The van der Waals surface area contributed by atoms with Crippen molar-refractivity contribution in [2.24, 2.45) is 15.4 Å². The summed E-state index contributed by atoms with van der Waals surface area (Å²) in [4.78, 5) is 40.2.